The maximum Gasteiger partial charge on any atom is 0.433 e. The molecule has 2 aromatic heterocycles. The van der Waals surface area contributed by atoms with E-state index in [0.717, 1.165) is 18.1 Å². The van der Waals surface area contributed by atoms with Crippen molar-refractivity contribution >= 4 is 11.6 Å². The second-order valence-corrected chi connectivity index (χ2v) is 6.13. The Morgan fingerprint density at radius 1 is 1.23 bits per heavy atom. The number of hydrogen-bond donors (Lipinski definition) is 1. The minimum Gasteiger partial charge on any atom is -0.367 e. The Hall–Kier alpha value is -2.89. The van der Waals surface area contributed by atoms with E-state index in [0.29, 0.717) is 37.3 Å². The third-order valence-electron chi connectivity index (χ3n) is 4.24. The van der Waals surface area contributed by atoms with Crippen molar-refractivity contribution in [3.05, 3.63) is 41.5 Å². The fourth-order valence-corrected chi connectivity index (χ4v) is 2.91. The number of alkyl halides is 3. The number of aryl methyl sites for hydroxylation is 1. The van der Waals surface area contributed by atoms with Gasteiger partial charge in [-0.15, -0.1) is 0 Å². The first-order valence-corrected chi connectivity index (χ1v) is 8.15. The fraction of sp³-hybridized carbons (Fsp3) is 0.412. The number of nitrogens with one attached hydrogen (secondary N) is 1. The standard InChI is InChI=1S/C17H17F3N6/c1-11-2-3-12(9-21)16(24-11)26-6-4-13(5-7-26)25-15-8-14(17(18,19)20)22-10-23-15/h2-3,8,10,13H,4-7H2,1H3,(H,22,23,25). The number of pyridine rings is 1. The molecule has 6 nitrogen and oxygen atoms in total. The molecule has 1 N–H and O–H groups in total. The molecule has 0 unspecified atom stereocenters. The number of rotatable bonds is 3. The Balaban J connectivity index is 1.65. The van der Waals surface area contributed by atoms with Crippen LogP contribution >= 0.6 is 0 Å². The summed E-state index contributed by atoms with van der Waals surface area (Å²) in [6.45, 7) is 3.17. The summed E-state index contributed by atoms with van der Waals surface area (Å²) in [5, 5.41) is 12.3. The molecule has 3 rings (SSSR count). The highest BCUT2D eigenvalue weighted by molar-refractivity contribution is 5.54. The molecule has 0 saturated carbocycles. The zero-order chi connectivity index (χ0) is 18.7. The lowest BCUT2D eigenvalue weighted by Gasteiger charge is -2.34. The van der Waals surface area contributed by atoms with Crippen LogP contribution in [0.2, 0.25) is 0 Å². The number of aromatic nitrogens is 3. The van der Waals surface area contributed by atoms with Crippen LogP contribution < -0.4 is 10.2 Å². The van der Waals surface area contributed by atoms with Crippen LogP contribution in [-0.4, -0.2) is 34.1 Å². The van der Waals surface area contributed by atoms with Crippen molar-refractivity contribution < 1.29 is 13.2 Å². The fourth-order valence-electron chi connectivity index (χ4n) is 2.91. The van der Waals surface area contributed by atoms with E-state index in [2.05, 4.69) is 26.3 Å². The number of anilines is 2. The van der Waals surface area contributed by atoms with Gasteiger partial charge in [-0.2, -0.15) is 18.4 Å². The van der Waals surface area contributed by atoms with E-state index in [1.807, 2.05) is 11.8 Å². The number of nitriles is 1. The topological polar surface area (TPSA) is 77.7 Å². The summed E-state index contributed by atoms with van der Waals surface area (Å²) in [5.74, 6) is 0.824. The monoisotopic (exact) mass is 362 g/mol. The summed E-state index contributed by atoms with van der Waals surface area (Å²) >= 11 is 0. The number of piperidine rings is 1. The van der Waals surface area contributed by atoms with Gasteiger partial charge in [-0.25, -0.2) is 15.0 Å². The normalized spacial score (nSPS) is 15.6. The third-order valence-corrected chi connectivity index (χ3v) is 4.24. The number of halogens is 3. The van der Waals surface area contributed by atoms with Gasteiger partial charge in [-0.3, -0.25) is 0 Å². The van der Waals surface area contributed by atoms with Gasteiger partial charge in [0.05, 0.1) is 5.56 Å². The predicted octanol–water partition coefficient (Wildman–Crippen LogP) is 3.15. The van der Waals surface area contributed by atoms with Gasteiger partial charge in [0.2, 0.25) is 0 Å². The molecule has 1 fully saturated rings. The summed E-state index contributed by atoms with van der Waals surface area (Å²) in [5.41, 5.74) is 0.391. The summed E-state index contributed by atoms with van der Waals surface area (Å²) < 4.78 is 38.2. The summed E-state index contributed by atoms with van der Waals surface area (Å²) in [6, 6.07) is 6.61. The molecular formula is C17H17F3N6. The quantitative estimate of drug-likeness (QED) is 0.904. The minimum absolute atomic E-state index is 0.00224. The first-order chi connectivity index (χ1) is 12.4. The second-order valence-electron chi connectivity index (χ2n) is 6.13. The Labute approximate surface area is 148 Å². The molecule has 0 aliphatic carbocycles. The summed E-state index contributed by atoms with van der Waals surface area (Å²) in [7, 11) is 0. The van der Waals surface area contributed by atoms with E-state index in [1.54, 1.807) is 12.1 Å². The highest BCUT2D eigenvalue weighted by Gasteiger charge is 2.33. The van der Waals surface area contributed by atoms with Crippen LogP contribution in [0.3, 0.4) is 0 Å². The molecule has 1 aliphatic heterocycles. The first kappa shape index (κ1) is 17.9. The van der Waals surface area contributed by atoms with Crippen molar-refractivity contribution in [1.82, 2.24) is 15.0 Å². The molecule has 3 heterocycles. The van der Waals surface area contributed by atoms with E-state index in [-0.39, 0.29) is 11.9 Å². The molecule has 0 spiro atoms. The molecule has 0 atom stereocenters. The minimum atomic E-state index is -4.49. The zero-order valence-corrected chi connectivity index (χ0v) is 14.1. The lowest BCUT2D eigenvalue weighted by molar-refractivity contribution is -0.141. The lowest BCUT2D eigenvalue weighted by atomic mass is 10.0. The molecule has 9 heteroatoms. The highest BCUT2D eigenvalue weighted by atomic mass is 19.4. The second kappa shape index (κ2) is 7.15. The summed E-state index contributed by atoms with van der Waals surface area (Å²) in [4.78, 5) is 13.6. The van der Waals surface area contributed by atoms with Crippen LogP contribution in [0, 0.1) is 18.3 Å². The van der Waals surface area contributed by atoms with Crippen molar-refractivity contribution in [2.24, 2.45) is 0 Å². The average molecular weight is 362 g/mol. The molecule has 0 aromatic carbocycles. The van der Waals surface area contributed by atoms with Crippen LogP contribution in [0.25, 0.3) is 0 Å². The Morgan fingerprint density at radius 3 is 2.62 bits per heavy atom. The van der Waals surface area contributed by atoms with Crippen molar-refractivity contribution in [3.63, 3.8) is 0 Å². The maximum atomic E-state index is 12.7. The molecule has 26 heavy (non-hydrogen) atoms. The van der Waals surface area contributed by atoms with Gasteiger partial charge in [0.1, 0.15) is 29.7 Å². The SMILES string of the molecule is Cc1ccc(C#N)c(N2CCC(Nc3cc(C(F)(F)F)ncn3)CC2)n1. The van der Waals surface area contributed by atoms with Crippen molar-refractivity contribution in [1.29, 1.82) is 5.26 Å². The van der Waals surface area contributed by atoms with Crippen molar-refractivity contribution in [2.75, 3.05) is 23.3 Å². The van der Waals surface area contributed by atoms with Crippen LogP contribution in [0.5, 0.6) is 0 Å². The van der Waals surface area contributed by atoms with Gasteiger partial charge in [-0.1, -0.05) is 0 Å². The molecular weight excluding hydrogens is 345 g/mol. The Kier molecular flexibility index (Phi) is 4.93. The van der Waals surface area contributed by atoms with E-state index in [1.165, 1.54) is 0 Å². The predicted molar refractivity (Wildman–Crippen MR) is 89.6 cm³/mol. The molecule has 1 saturated heterocycles. The third kappa shape index (κ3) is 4.02. The largest absolute Gasteiger partial charge is 0.433 e. The van der Waals surface area contributed by atoms with E-state index in [4.69, 9.17) is 0 Å². The average Bonchev–Trinajstić information content (AvgIpc) is 2.62. The van der Waals surface area contributed by atoms with E-state index in [9.17, 15) is 18.4 Å². The van der Waals surface area contributed by atoms with Gasteiger partial charge in [-0.05, 0) is 31.9 Å². The van der Waals surface area contributed by atoms with E-state index < -0.39 is 11.9 Å². The van der Waals surface area contributed by atoms with Gasteiger partial charge >= 0.3 is 6.18 Å². The van der Waals surface area contributed by atoms with Gasteiger partial charge < -0.3 is 10.2 Å². The smallest absolute Gasteiger partial charge is 0.367 e. The van der Waals surface area contributed by atoms with E-state index >= 15 is 0 Å². The number of hydrogen-bond acceptors (Lipinski definition) is 6. The van der Waals surface area contributed by atoms with Crippen LogP contribution in [0.15, 0.2) is 24.5 Å². The van der Waals surface area contributed by atoms with Gasteiger partial charge in [0.25, 0.3) is 0 Å². The van der Waals surface area contributed by atoms with Crippen LogP contribution in [0.1, 0.15) is 29.8 Å². The van der Waals surface area contributed by atoms with Gasteiger partial charge in [0, 0.05) is 30.9 Å². The van der Waals surface area contributed by atoms with Crippen molar-refractivity contribution in [3.8, 4) is 6.07 Å². The Bertz CT molecular complexity index is 822. The number of nitrogens with zero attached hydrogens (tertiary/aromatic N) is 5. The molecule has 2 aromatic rings. The lowest BCUT2D eigenvalue weighted by Crippen LogP contribution is -2.40. The maximum absolute atomic E-state index is 12.7. The van der Waals surface area contributed by atoms with Crippen LogP contribution in [0.4, 0.5) is 24.8 Å². The Morgan fingerprint density at radius 2 is 1.96 bits per heavy atom. The highest BCUT2D eigenvalue weighted by Crippen LogP contribution is 2.29. The molecule has 136 valence electrons. The van der Waals surface area contributed by atoms with Crippen molar-refractivity contribution in [2.45, 2.75) is 32.0 Å². The molecule has 0 radical (unpaired) electrons. The van der Waals surface area contributed by atoms with Gasteiger partial charge in [0.15, 0.2) is 0 Å². The summed E-state index contributed by atoms with van der Waals surface area (Å²) in [6.07, 6.45) is -2.18. The zero-order valence-electron chi connectivity index (χ0n) is 14.1. The molecule has 0 bridgehead atoms. The van der Waals surface area contributed by atoms with Crippen LogP contribution in [-0.2, 0) is 6.18 Å². The molecule has 1 aliphatic rings. The molecule has 0 amide bonds. The first-order valence-electron chi connectivity index (χ1n) is 8.15.